The van der Waals surface area contributed by atoms with Crippen LogP contribution in [0.4, 0.5) is 0 Å². The first kappa shape index (κ1) is 11.4. The minimum atomic E-state index is 0.0339. The average molecular weight is 247 g/mol. The summed E-state index contributed by atoms with van der Waals surface area (Å²) < 4.78 is 10.8. The highest BCUT2D eigenvalue weighted by Crippen LogP contribution is 2.37. The van der Waals surface area contributed by atoms with Gasteiger partial charge in [-0.15, -0.1) is 0 Å². The van der Waals surface area contributed by atoms with Gasteiger partial charge in [0.25, 0.3) is 0 Å². The molecule has 1 unspecified atom stereocenters. The smallest absolute Gasteiger partial charge is 0.231 e. The third-order valence-electron chi connectivity index (χ3n) is 3.70. The SMILES string of the molecule is CCN1Cc2cc3c(cc2CC(C)C1=O)OCO3. The highest BCUT2D eigenvalue weighted by molar-refractivity contribution is 5.79. The Balaban J connectivity index is 2.03. The molecule has 96 valence electrons. The summed E-state index contributed by atoms with van der Waals surface area (Å²) in [4.78, 5) is 14.1. The monoisotopic (exact) mass is 247 g/mol. The summed E-state index contributed by atoms with van der Waals surface area (Å²) in [5, 5.41) is 0. The predicted octanol–water partition coefficient (Wildman–Crippen LogP) is 1.96. The molecule has 0 aromatic heterocycles. The van der Waals surface area contributed by atoms with Gasteiger partial charge in [0.15, 0.2) is 11.5 Å². The maximum Gasteiger partial charge on any atom is 0.231 e. The fourth-order valence-electron chi connectivity index (χ4n) is 2.64. The number of ether oxygens (including phenoxy) is 2. The lowest BCUT2D eigenvalue weighted by Crippen LogP contribution is -2.33. The van der Waals surface area contributed by atoms with E-state index in [-0.39, 0.29) is 11.8 Å². The van der Waals surface area contributed by atoms with E-state index in [0.717, 1.165) is 24.5 Å². The predicted molar refractivity (Wildman–Crippen MR) is 66.5 cm³/mol. The Bertz CT molecular complexity index is 498. The molecule has 1 aromatic carbocycles. The van der Waals surface area contributed by atoms with Crippen LogP contribution in [0.3, 0.4) is 0 Å². The second-order valence-electron chi connectivity index (χ2n) is 4.93. The topological polar surface area (TPSA) is 38.8 Å². The average Bonchev–Trinajstić information content (AvgIpc) is 2.77. The van der Waals surface area contributed by atoms with Crippen molar-refractivity contribution in [2.24, 2.45) is 5.92 Å². The fourth-order valence-corrected chi connectivity index (χ4v) is 2.64. The number of carbonyl (C=O) groups is 1. The number of hydrogen-bond donors (Lipinski definition) is 0. The third kappa shape index (κ3) is 1.72. The maximum absolute atomic E-state index is 12.2. The summed E-state index contributed by atoms with van der Waals surface area (Å²) >= 11 is 0. The number of fused-ring (bicyclic) bond motifs is 2. The molecule has 2 heterocycles. The summed E-state index contributed by atoms with van der Waals surface area (Å²) in [6, 6.07) is 4.05. The second-order valence-corrected chi connectivity index (χ2v) is 4.93. The molecule has 3 rings (SSSR count). The van der Waals surface area contributed by atoms with Crippen molar-refractivity contribution in [1.82, 2.24) is 4.90 Å². The second kappa shape index (κ2) is 4.19. The van der Waals surface area contributed by atoms with Crippen LogP contribution in [-0.2, 0) is 17.8 Å². The van der Waals surface area contributed by atoms with E-state index in [1.54, 1.807) is 0 Å². The van der Waals surface area contributed by atoms with Gasteiger partial charge in [0.05, 0.1) is 0 Å². The standard InChI is InChI=1S/C14H17NO3/c1-3-15-7-11-6-13-12(17-8-18-13)5-10(11)4-9(2)14(15)16/h5-6,9H,3-4,7-8H2,1-2H3. The van der Waals surface area contributed by atoms with Crippen molar-refractivity contribution in [3.05, 3.63) is 23.3 Å². The van der Waals surface area contributed by atoms with E-state index in [0.29, 0.717) is 13.3 Å². The van der Waals surface area contributed by atoms with Gasteiger partial charge in [0.2, 0.25) is 12.7 Å². The normalized spacial score (nSPS) is 21.8. The molecule has 1 aromatic rings. The van der Waals surface area contributed by atoms with Gasteiger partial charge in [-0.3, -0.25) is 4.79 Å². The first-order valence-electron chi connectivity index (χ1n) is 6.39. The zero-order chi connectivity index (χ0) is 12.7. The van der Waals surface area contributed by atoms with Crippen molar-refractivity contribution >= 4 is 5.91 Å². The largest absolute Gasteiger partial charge is 0.454 e. The minimum Gasteiger partial charge on any atom is -0.454 e. The molecule has 2 aliphatic heterocycles. The highest BCUT2D eigenvalue weighted by atomic mass is 16.7. The molecule has 0 bridgehead atoms. The van der Waals surface area contributed by atoms with Crippen LogP contribution in [0.25, 0.3) is 0 Å². The molecular weight excluding hydrogens is 230 g/mol. The first-order valence-corrected chi connectivity index (χ1v) is 6.39. The summed E-state index contributed by atoms with van der Waals surface area (Å²) in [7, 11) is 0. The molecular formula is C14H17NO3. The van der Waals surface area contributed by atoms with Crippen molar-refractivity contribution in [3.8, 4) is 11.5 Å². The summed E-state index contributed by atoms with van der Waals surface area (Å²) in [6.45, 7) is 5.72. The quantitative estimate of drug-likeness (QED) is 0.761. The number of hydrogen-bond acceptors (Lipinski definition) is 3. The molecule has 1 amide bonds. The maximum atomic E-state index is 12.2. The van der Waals surface area contributed by atoms with Crippen LogP contribution in [0.5, 0.6) is 11.5 Å². The van der Waals surface area contributed by atoms with Crippen LogP contribution in [0, 0.1) is 5.92 Å². The van der Waals surface area contributed by atoms with Gasteiger partial charge in [-0.05, 0) is 36.6 Å². The molecule has 0 N–H and O–H groups in total. The molecule has 0 aliphatic carbocycles. The van der Waals surface area contributed by atoms with E-state index < -0.39 is 0 Å². The number of rotatable bonds is 1. The van der Waals surface area contributed by atoms with Crippen LogP contribution in [0.1, 0.15) is 25.0 Å². The summed E-state index contributed by atoms with van der Waals surface area (Å²) in [6.07, 6.45) is 0.779. The van der Waals surface area contributed by atoms with Gasteiger partial charge in [-0.1, -0.05) is 6.92 Å². The molecule has 2 aliphatic rings. The minimum absolute atomic E-state index is 0.0339. The van der Waals surface area contributed by atoms with Crippen LogP contribution in [-0.4, -0.2) is 24.1 Å². The van der Waals surface area contributed by atoms with Gasteiger partial charge in [-0.25, -0.2) is 0 Å². The lowest BCUT2D eigenvalue weighted by molar-refractivity contribution is -0.134. The molecule has 0 fully saturated rings. The molecule has 0 saturated carbocycles. The van der Waals surface area contributed by atoms with E-state index in [4.69, 9.17) is 9.47 Å². The van der Waals surface area contributed by atoms with Crippen molar-refractivity contribution in [1.29, 1.82) is 0 Å². The highest BCUT2D eigenvalue weighted by Gasteiger charge is 2.27. The summed E-state index contributed by atoms with van der Waals surface area (Å²) in [5.41, 5.74) is 2.38. The van der Waals surface area contributed by atoms with Crippen molar-refractivity contribution in [3.63, 3.8) is 0 Å². The fraction of sp³-hybridized carbons (Fsp3) is 0.500. The van der Waals surface area contributed by atoms with Gasteiger partial charge in [-0.2, -0.15) is 0 Å². The molecule has 0 spiro atoms. The van der Waals surface area contributed by atoms with E-state index in [2.05, 4.69) is 0 Å². The number of amides is 1. The van der Waals surface area contributed by atoms with Gasteiger partial charge < -0.3 is 14.4 Å². The van der Waals surface area contributed by atoms with E-state index in [9.17, 15) is 4.79 Å². The zero-order valence-electron chi connectivity index (χ0n) is 10.7. The van der Waals surface area contributed by atoms with E-state index >= 15 is 0 Å². The van der Waals surface area contributed by atoms with Crippen molar-refractivity contribution in [2.45, 2.75) is 26.8 Å². The Kier molecular flexibility index (Phi) is 2.65. The lowest BCUT2D eigenvalue weighted by atomic mass is 9.98. The zero-order valence-corrected chi connectivity index (χ0v) is 10.7. The van der Waals surface area contributed by atoms with Crippen LogP contribution < -0.4 is 9.47 Å². The summed E-state index contributed by atoms with van der Waals surface area (Å²) in [5.74, 6) is 1.87. The number of nitrogens with zero attached hydrogens (tertiary/aromatic N) is 1. The molecule has 4 heteroatoms. The lowest BCUT2D eigenvalue weighted by Gasteiger charge is -2.20. The first-order chi connectivity index (χ1) is 8.69. The molecule has 1 atom stereocenters. The van der Waals surface area contributed by atoms with Gasteiger partial charge in [0, 0.05) is 19.0 Å². The molecule has 4 nitrogen and oxygen atoms in total. The Morgan fingerprint density at radius 3 is 2.61 bits per heavy atom. The van der Waals surface area contributed by atoms with Crippen molar-refractivity contribution < 1.29 is 14.3 Å². The van der Waals surface area contributed by atoms with Gasteiger partial charge >= 0.3 is 0 Å². The van der Waals surface area contributed by atoms with Crippen LogP contribution in [0.2, 0.25) is 0 Å². The third-order valence-corrected chi connectivity index (χ3v) is 3.70. The van der Waals surface area contributed by atoms with E-state index in [1.807, 2.05) is 30.9 Å². The molecule has 18 heavy (non-hydrogen) atoms. The Morgan fingerprint density at radius 1 is 1.28 bits per heavy atom. The van der Waals surface area contributed by atoms with Crippen LogP contribution in [0.15, 0.2) is 12.1 Å². The van der Waals surface area contributed by atoms with Gasteiger partial charge in [0.1, 0.15) is 0 Å². The Morgan fingerprint density at radius 2 is 1.94 bits per heavy atom. The number of benzene rings is 1. The Hall–Kier alpha value is -1.71. The van der Waals surface area contributed by atoms with E-state index in [1.165, 1.54) is 11.1 Å². The number of carbonyl (C=O) groups excluding carboxylic acids is 1. The van der Waals surface area contributed by atoms with Crippen molar-refractivity contribution in [2.75, 3.05) is 13.3 Å². The van der Waals surface area contributed by atoms with Crippen LogP contribution >= 0.6 is 0 Å². The molecule has 0 radical (unpaired) electrons. The Labute approximate surface area is 106 Å². The molecule has 0 saturated heterocycles.